The van der Waals surface area contributed by atoms with Crippen LogP contribution in [0, 0.1) is 28.7 Å². The lowest BCUT2D eigenvalue weighted by molar-refractivity contribution is 0.0984. The third kappa shape index (κ3) is 10.7. The minimum Gasteiger partial charge on any atom is -0.490 e. The molecule has 0 aliphatic heterocycles. The summed E-state index contributed by atoms with van der Waals surface area (Å²) >= 11 is 2.23. The third-order valence-corrected chi connectivity index (χ3v) is 5.49. The fraction of sp³-hybridized carbons (Fsp3) is 0.458. The van der Waals surface area contributed by atoms with Crippen molar-refractivity contribution in [2.45, 2.75) is 52.7 Å². The number of nitrogens with one attached hydrogen (secondary N) is 2. The Morgan fingerprint density at radius 2 is 2.03 bits per heavy atom. The minimum absolute atomic E-state index is 0.0957. The van der Waals surface area contributed by atoms with Gasteiger partial charge in [-0.15, -0.1) is 0 Å². The molecule has 1 aromatic heterocycles. The molecule has 0 radical (unpaired) electrons. The number of nitrogens with zero attached hydrogens (tertiary/aromatic N) is 1. The number of aliphatic hydroxyl groups is 1. The number of β-amino-alcohol motifs (C(OH)–C–C–N with tert-alkyl or cyclic N) is 1. The van der Waals surface area contributed by atoms with Crippen LogP contribution in [0.3, 0.4) is 0 Å². The SMILES string of the molecule is C/C=C\OCC#N.Cc1[nH]cc(CC(C)(C)NCC(O)COc2ccccc2I)c1C. The molecule has 0 amide bonds. The maximum absolute atomic E-state index is 10.2. The normalized spacial score (nSPS) is 12.1. The number of aliphatic hydroxyl groups excluding tert-OH is 1. The molecule has 170 valence electrons. The molecule has 31 heavy (non-hydrogen) atoms. The molecular formula is C24H34IN3O3. The lowest BCUT2D eigenvalue weighted by Crippen LogP contribution is -2.46. The van der Waals surface area contributed by atoms with Crippen LogP contribution < -0.4 is 10.1 Å². The van der Waals surface area contributed by atoms with Gasteiger partial charge >= 0.3 is 0 Å². The summed E-state index contributed by atoms with van der Waals surface area (Å²) in [5, 5.41) is 21.5. The number of para-hydroxylation sites is 1. The predicted octanol–water partition coefficient (Wildman–Crippen LogP) is 4.65. The monoisotopic (exact) mass is 539 g/mol. The number of aromatic amines is 1. The van der Waals surface area contributed by atoms with Crippen LogP contribution >= 0.6 is 22.6 Å². The van der Waals surface area contributed by atoms with E-state index in [1.165, 1.54) is 23.1 Å². The second-order valence-corrected chi connectivity index (χ2v) is 9.00. The van der Waals surface area contributed by atoms with E-state index in [4.69, 9.17) is 10.00 Å². The Bertz CT molecular complexity index is 856. The van der Waals surface area contributed by atoms with Gasteiger partial charge in [0, 0.05) is 24.0 Å². The van der Waals surface area contributed by atoms with Crippen molar-refractivity contribution in [3.8, 4) is 11.8 Å². The van der Waals surface area contributed by atoms with Gasteiger partial charge in [-0.05, 0) is 86.9 Å². The van der Waals surface area contributed by atoms with E-state index in [-0.39, 0.29) is 18.8 Å². The van der Waals surface area contributed by atoms with Crippen LogP contribution in [0.2, 0.25) is 0 Å². The van der Waals surface area contributed by atoms with Crippen LogP contribution in [-0.4, -0.2) is 41.5 Å². The van der Waals surface area contributed by atoms with Gasteiger partial charge in [0.25, 0.3) is 0 Å². The number of rotatable bonds is 10. The number of halogens is 1. The van der Waals surface area contributed by atoms with E-state index in [2.05, 4.69) is 71.5 Å². The summed E-state index contributed by atoms with van der Waals surface area (Å²) in [6.45, 7) is 11.3. The number of H-pyrrole nitrogens is 1. The molecule has 7 heteroatoms. The van der Waals surface area contributed by atoms with Crippen LogP contribution in [0.25, 0.3) is 0 Å². The topological polar surface area (TPSA) is 90.3 Å². The Labute approximate surface area is 199 Å². The van der Waals surface area contributed by atoms with Crippen molar-refractivity contribution < 1.29 is 14.6 Å². The molecular weight excluding hydrogens is 505 g/mol. The molecule has 0 saturated carbocycles. The Morgan fingerprint density at radius 1 is 1.32 bits per heavy atom. The molecule has 3 N–H and O–H groups in total. The molecule has 0 bridgehead atoms. The Hall–Kier alpha value is -2.02. The van der Waals surface area contributed by atoms with Gasteiger partial charge in [-0.25, -0.2) is 0 Å². The number of allylic oxidation sites excluding steroid dienone is 1. The molecule has 0 aliphatic carbocycles. The smallest absolute Gasteiger partial charge is 0.173 e. The molecule has 0 spiro atoms. The molecule has 1 atom stereocenters. The van der Waals surface area contributed by atoms with E-state index in [0.717, 1.165) is 15.7 Å². The number of aromatic nitrogens is 1. The van der Waals surface area contributed by atoms with E-state index in [9.17, 15) is 5.11 Å². The summed E-state index contributed by atoms with van der Waals surface area (Å²) in [7, 11) is 0. The van der Waals surface area contributed by atoms with Crippen molar-refractivity contribution >= 4 is 22.6 Å². The van der Waals surface area contributed by atoms with Gasteiger partial charge in [0.15, 0.2) is 6.61 Å². The summed E-state index contributed by atoms with van der Waals surface area (Å²) in [5.74, 6) is 0.815. The van der Waals surface area contributed by atoms with Gasteiger partial charge in [0.05, 0.1) is 9.83 Å². The molecule has 1 aromatic carbocycles. The second kappa shape index (κ2) is 14.1. The molecule has 0 aliphatic rings. The van der Waals surface area contributed by atoms with Crippen molar-refractivity contribution in [3.63, 3.8) is 0 Å². The number of hydrogen-bond donors (Lipinski definition) is 3. The summed E-state index contributed by atoms with van der Waals surface area (Å²) in [5.41, 5.74) is 3.75. The molecule has 1 heterocycles. The van der Waals surface area contributed by atoms with Crippen molar-refractivity contribution in [2.24, 2.45) is 0 Å². The van der Waals surface area contributed by atoms with Crippen LogP contribution in [0.4, 0.5) is 0 Å². The molecule has 6 nitrogen and oxygen atoms in total. The standard InChI is InChI=1S/C19H27IN2O2.C5H7NO/c1-13-14(2)21-10-15(13)9-19(3,4)22-11-16(23)12-24-18-8-6-5-7-17(18)20;1-2-4-7-5-3-6/h5-8,10,16,21-23H,9,11-12H2,1-4H3;2,4H,5H2,1H3/b;4-2-. The first-order valence-electron chi connectivity index (χ1n) is 10.2. The number of ether oxygens (including phenoxy) is 2. The maximum Gasteiger partial charge on any atom is 0.173 e. The average molecular weight is 539 g/mol. The predicted molar refractivity (Wildman–Crippen MR) is 133 cm³/mol. The average Bonchev–Trinajstić information content (AvgIpc) is 3.04. The number of aryl methyl sites for hydroxylation is 1. The number of nitriles is 1. The highest BCUT2D eigenvalue weighted by Gasteiger charge is 2.21. The van der Waals surface area contributed by atoms with Gasteiger partial charge in [0.2, 0.25) is 0 Å². The van der Waals surface area contributed by atoms with Gasteiger partial charge in [-0.2, -0.15) is 5.26 Å². The van der Waals surface area contributed by atoms with Crippen molar-refractivity contribution in [3.05, 3.63) is 63.2 Å². The zero-order chi connectivity index (χ0) is 23.3. The van der Waals surface area contributed by atoms with Gasteiger partial charge in [-0.1, -0.05) is 18.2 Å². The van der Waals surface area contributed by atoms with Crippen LogP contribution in [0.5, 0.6) is 5.75 Å². The largest absolute Gasteiger partial charge is 0.490 e. The highest BCUT2D eigenvalue weighted by atomic mass is 127. The summed E-state index contributed by atoms with van der Waals surface area (Å²) < 4.78 is 11.3. The molecule has 2 rings (SSSR count). The Kier molecular flexibility index (Phi) is 12.3. The second-order valence-electron chi connectivity index (χ2n) is 7.84. The maximum atomic E-state index is 10.2. The van der Waals surface area contributed by atoms with Gasteiger partial charge < -0.3 is 24.9 Å². The lowest BCUT2D eigenvalue weighted by atomic mass is 9.94. The lowest BCUT2D eigenvalue weighted by Gasteiger charge is -2.28. The molecule has 0 saturated heterocycles. The fourth-order valence-corrected chi connectivity index (χ4v) is 3.30. The quantitative estimate of drug-likeness (QED) is 0.233. The summed E-state index contributed by atoms with van der Waals surface area (Å²) in [4.78, 5) is 3.27. The van der Waals surface area contributed by atoms with E-state index in [1.54, 1.807) is 6.08 Å². The Morgan fingerprint density at radius 3 is 2.61 bits per heavy atom. The van der Waals surface area contributed by atoms with Crippen LogP contribution in [-0.2, 0) is 11.2 Å². The van der Waals surface area contributed by atoms with Crippen molar-refractivity contribution in [1.29, 1.82) is 5.26 Å². The van der Waals surface area contributed by atoms with Crippen molar-refractivity contribution in [1.82, 2.24) is 10.3 Å². The van der Waals surface area contributed by atoms with E-state index in [1.807, 2.05) is 37.3 Å². The van der Waals surface area contributed by atoms with Crippen LogP contribution in [0.1, 0.15) is 37.6 Å². The van der Waals surface area contributed by atoms with Crippen molar-refractivity contribution in [2.75, 3.05) is 19.8 Å². The summed E-state index contributed by atoms with van der Waals surface area (Å²) in [6, 6.07) is 9.65. The molecule has 2 aromatic rings. The number of hydrogen-bond acceptors (Lipinski definition) is 5. The first kappa shape index (κ1) is 27.0. The highest BCUT2D eigenvalue weighted by molar-refractivity contribution is 14.1. The van der Waals surface area contributed by atoms with Gasteiger partial charge in [-0.3, -0.25) is 0 Å². The first-order chi connectivity index (χ1) is 14.7. The first-order valence-corrected chi connectivity index (χ1v) is 11.3. The van der Waals surface area contributed by atoms with E-state index >= 15 is 0 Å². The molecule has 0 fully saturated rings. The fourth-order valence-electron chi connectivity index (χ4n) is 2.76. The number of benzene rings is 1. The minimum atomic E-state index is -0.547. The highest BCUT2D eigenvalue weighted by Crippen LogP contribution is 2.20. The van der Waals surface area contributed by atoms with Gasteiger partial charge in [0.1, 0.15) is 24.5 Å². The Balaban J connectivity index is 0.000000592. The van der Waals surface area contributed by atoms with E-state index < -0.39 is 6.10 Å². The van der Waals surface area contributed by atoms with E-state index in [0.29, 0.717) is 6.54 Å². The third-order valence-electron chi connectivity index (χ3n) is 4.60. The zero-order valence-corrected chi connectivity index (χ0v) is 21.2. The summed E-state index contributed by atoms with van der Waals surface area (Å²) in [6.07, 6.45) is 5.66. The zero-order valence-electron chi connectivity index (χ0n) is 19.0. The molecule has 1 unspecified atom stereocenters. The van der Waals surface area contributed by atoms with Crippen LogP contribution in [0.15, 0.2) is 42.8 Å².